The number of amides is 3. The fraction of sp³-hybridized carbons (Fsp3) is 0.447. The molecule has 1 aliphatic heterocycles. The number of rotatable bonds is 16. The second-order valence-corrected chi connectivity index (χ2v) is 14.1. The smallest absolute Gasteiger partial charge is 0.326 e. The van der Waals surface area contributed by atoms with Crippen molar-refractivity contribution < 1.29 is 65.1 Å². The van der Waals surface area contributed by atoms with Crippen molar-refractivity contribution in [3.05, 3.63) is 101 Å². The van der Waals surface area contributed by atoms with Crippen LogP contribution in [-0.4, -0.2) is 111 Å². The van der Waals surface area contributed by atoms with Gasteiger partial charge < -0.3 is 56.0 Å². The zero-order valence-electron chi connectivity index (χ0n) is 30.3. The van der Waals surface area contributed by atoms with Gasteiger partial charge in [0.05, 0.1) is 12.0 Å². The van der Waals surface area contributed by atoms with Crippen LogP contribution in [0.2, 0.25) is 0 Å². The Morgan fingerprint density at radius 2 is 1.43 bits per heavy atom. The number of ether oxygens (including phenoxy) is 1. The molecule has 0 spiro atoms. The predicted octanol–water partition coefficient (Wildman–Crippen LogP) is -0.419. The Bertz CT molecular complexity index is 1750. The molecule has 3 amide bonds. The summed E-state index contributed by atoms with van der Waals surface area (Å²) in [4.78, 5) is 40.3. The first-order valence-electron chi connectivity index (χ1n) is 17.3. The van der Waals surface area contributed by atoms with E-state index in [-0.39, 0.29) is 16.9 Å². The number of hydrogen-bond donors (Lipinski definition) is 11. The van der Waals surface area contributed by atoms with Gasteiger partial charge in [-0.25, -0.2) is 4.79 Å². The van der Waals surface area contributed by atoms with E-state index in [9.17, 15) is 60.3 Å². The number of carbonyl (C=O) groups excluding carboxylic acids is 3. The van der Waals surface area contributed by atoms with Gasteiger partial charge in [-0.3, -0.25) is 19.8 Å². The van der Waals surface area contributed by atoms with Crippen LogP contribution in [0, 0.1) is 25.7 Å². The zero-order valence-corrected chi connectivity index (χ0v) is 30.3. The van der Waals surface area contributed by atoms with E-state index in [4.69, 9.17) is 4.74 Å². The number of aliphatic hydroxyl groups excluding tert-OH is 1. The van der Waals surface area contributed by atoms with Gasteiger partial charge in [-0.15, -0.1) is 0 Å². The molecular formula is C38H49N3O13. The minimum Gasteiger partial charge on any atom is -0.485 e. The van der Waals surface area contributed by atoms with E-state index in [1.54, 1.807) is 48.5 Å². The van der Waals surface area contributed by atoms with Crippen molar-refractivity contribution in [2.75, 3.05) is 6.61 Å². The molecular weight excluding hydrogens is 706 g/mol. The number of para-hydroxylation sites is 1. The summed E-state index contributed by atoms with van der Waals surface area (Å²) in [5.41, 5.74) is 2.16. The molecule has 0 aromatic heterocycles. The third kappa shape index (κ3) is 8.89. The lowest BCUT2D eigenvalue weighted by Crippen LogP contribution is -2.86. The number of nitrogens with one attached hydrogen (secondary N) is 2. The number of carbonyl (C=O) groups is 3. The number of ketones is 1. The first kappa shape index (κ1) is 42.3. The number of nitrogens with zero attached hydrogens (tertiary/aromatic N) is 1. The predicted molar refractivity (Wildman–Crippen MR) is 190 cm³/mol. The lowest BCUT2D eigenvalue weighted by molar-refractivity contribution is -0.496. The molecule has 1 saturated heterocycles. The highest BCUT2D eigenvalue weighted by molar-refractivity contribution is 5.88. The number of Topliss-reactive ketones (excluding diaryl/α,β-unsaturated/α-hetero) is 1. The van der Waals surface area contributed by atoms with E-state index in [0.717, 1.165) is 11.1 Å². The minimum absolute atomic E-state index is 0.00406. The molecule has 3 aromatic carbocycles. The van der Waals surface area contributed by atoms with Crippen LogP contribution >= 0.6 is 0 Å². The van der Waals surface area contributed by atoms with Gasteiger partial charge in [0.2, 0.25) is 5.91 Å². The van der Waals surface area contributed by atoms with Gasteiger partial charge in [0.25, 0.3) is 0 Å². The van der Waals surface area contributed by atoms with E-state index in [1.807, 2.05) is 32.0 Å². The molecule has 16 heteroatoms. The molecule has 11 N–H and O–H groups in total. The molecule has 1 heterocycles. The van der Waals surface area contributed by atoms with E-state index < -0.39 is 90.6 Å². The Morgan fingerprint density at radius 1 is 0.870 bits per heavy atom. The molecule has 16 nitrogen and oxygen atoms in total. The van der Waals surface area contributed by atoms with Gasteiger partial charge in [-0.2, -0.15) is 0 Å². The van der Waals surface area contributed by atoms with Crippen LogP contribution in [0.4, 0.5) is 4.79 Å². The molecule has 0 aliphatic carbocycles. The fourth-order valence-corrected chi connectivity index (χ4v) is 6.64. The lowest BCUT2D eigenvalue weighted by Gasteiger charge is -2.53. The highest BCUT2D eigenvalue weighted by Crippen LogP contribution is 2.37. The topological polar surface area (TPSA) is 270 Å². The highest BCUT2D eigenvalue weighted by Gasteiger charge is 2.72. The highest BCUT2D eigenvalue weighted by atomic mass is 16.7. The van der Waals surface area contributed by atoms with Crippen molar-refractivity contribution in [3.63, 3.8) is 0 Å². The molecule has 4 atom stereocenters. The summed E-state index contributed by atoms with van der Waals surface area (Å²) < 4.78 is 5.80. The Kier molecular flexibility index (Phi) is 12.9. The fourth-order valence-electron chi connectivity index (χ4n) is 6.64. The first-order valence-corrected chi connectivity index (χ1v) is 17.3. The maximum atomic E-state index is 14.0. The van der Waals surface area contributed by atoms with Gasteiger partial charge in [0.15, 0.2) is 11.6 Å². The summed E-state index contributed by atoms with van der Waals surface area (Å²) in [6.07, 6.45) is -2.72. The van der Waals surface area contributed by atoms with Crippen LogP contribution in [0.15, 0.2) is 78.9 Å². The van der Waals surface area contributed by atoms with Gasteiger partial charge in [-0.1, -0.05) is 92.7 Å². The number of aliphatic hydroxyl groups is 9. The second kappa shape index (κ2) is 16.5. The van der Waals surface area contributed by atoms with E-state index in [0.29, 0.717) is 11.3 Å². The molecule has 1 aliphatic rings. The average molecular weight is 756 g/mol. The number of urea groups is 1. The van der Waals surface area contributed by atoms with Gasteiger partial charge in [-0.05, 0) is 49.3 Å². The lowest BCUT2D eigenvalue weighted by atomic mass is 9.80. The molecule has 0 bridgehead atoms. The normalized spacial score (nSPS) is 18.6. The van der Waals surface area contributed by atoms with Crippen LogP contribution in [0.1, 0.15) is 48.9 Å². The summed E-state index contributed by atoms with van der Waals surface area (Å²) in [7, 11) is 0. The molecule has 4 rings (SSSR count). The van der Waals surface area contributed by atoms with Crippen molar-refractivity contribution in [2.24, 2.45) is 11.8 Å². The molecule has 294 valence electrons. The van der Waals surface area contributed by atoms with Crippen molar-refractivity contribution >= 4 is 17.7 Å². The van der Waals surface area contributed by atoms with Crippen molar-refractivity contribution in [1.82, 2.24) is 15.5 Å². The second-order valence-electron chi connectivity index (χ2n) is 14.1. The van der Waals surface area contributed by atoms with Gasteiger partial charge in [0.1, 0.15) is 18.4 Å². The van der Waals surface area contributed by atoms with Crippen LogP contribution in [0.3, 0.4) is 0 Å². The van der Waals surface area contributed by atoms with Crippen molar-refractivity contribution in [2.45, 2.75) is 88.5 Å². The van der Waals surface area contributed by atoms with Crippen LogP contribution in [0.5, 0.6) is 5.75 Å². The molecule has 0 radical (unpaired) electrons. The summed E-state index contributed by atoms with van der Waals surface area (Å²) in [6, 6.07) is 16.9. The van der Waals surface area contributed by atoms with E-state index in [2.05, 4.69) is 5.32 Å². The van der Waals surface area contributed by atoms with Crippen LogP contribution in [0.25, 0.3) is 0 Å². The average Bonchev–Trinajstić information content (AvgIpc) is 3.08. The monoisotopic (exact) mass is 755 g/mol. The Labute approximate surface area is 311 Å². The largest absolute Gasteiger partial charge is 0.485 e. The summed E-state index contributed by atoms with van der Waals surface area (Å²) in [6.45, 7) is 5.93. The number of aryl methyl sites for hydroxylation is 2. The van der Waals surface area contributed by atoms with Gasteiger partial charge >= 0.3 is 23.6 Å². The van der Waals surface area contributed by atoms with Gasteiger partial charge in [0, 0.05) is 18.0 Å². The molecule has 0 saturated carbocycles. The third-order valence-corrected chi connectivity index (χ3v) is 9.58. The molecule has 4 unspecified atom stereocenters. The number of hydrogen-bond acceptors (Lipinski definition) is 13. The Morgan fingerprint density at radius 3 is 1.98 bits per heavy atom. The summed E-state index contributed by atoms with van der Waals surface area (Å²) >= 11 is 0. The molecule has 1 fully saturated rings. The Balaban J connectivity index is 1.66. The van der Waals surface area contributed by atoms with Crippen LogP contribution in [-0.2, 0) is 21.8 Å². The molecule has 54 heavy (non-hydrogen) atoms. The van der Waals surface area contributed by atoms with Crippen molar-refractivity contribution in [1.29, 1.82) is 0 Å². The third-order valence-electron chi connectivity index (χ3n) is 9.58. The SMILES string of the molecule is Cc1cccc(C)c1OCC(=O)CC(C(O)CC(Cc1ccccc1)NC(=O)C(C(C)C)N1C(=O)NC(O)(O)C(O)(O)C1(O)O)C(O)(O)c1ccccc1. The standard InChI is InChI=1S/C38H49N3O13/c1-22(2)31(41-34(45)40-37(50,51)36(48,49)38(41,52)53)33(44)39-27(18-25-14-7-5-8-15-25)19-30(43)29(35(46,47)26-16-9-6-10-17-26)20-28(42)21-54-32-23(3)12-11-13-24(32)4/h5-17,22,27,29-31,43,46-53H,18-21H2,1-4H3,(H,39,44)(H,40,45). The van der Waals surface area contributed by atoms with E-state index in [1.165, 1.54) is 31.3 Å². The zero-order chi connectivity index (χ0) is 40.2. The van der Waals surface area contributed by atoms with Crippen LogP contribution < -0.4 is 15.4 Å². The quantitative estimate of drug-likeness (QED) is 0.0831. The first-order chi connectivity index (χ1) is 25.1. The maximum absolute atomic E-state index is 14.0. The summed E-state index contributed by atoms with van der Waals surface area (Å²) in [5, 5.41) is 101. The van der Waals surface area contributed by atoms with Crippen molar-refractivity contribution in [3.8, 4) is 5.75 Å². The van der Waals surface area contributed by atoms with E-state index >= 15 is 0 Å². The maximum Gasteiger partial charge on any atom is 0.326 e. The Hall–Kier alpha value is -4.49. The molecule has 3 aromatic rings. The summed E-state index contributed by atoms with van der Waals surface area (Å²) in [5.74, 6) is -18.9. The number of benzene rings is 3. The minimum atomic E-state index is -4.23.